The minimum Gasteiger partial charge on any atom is -0.373 e. The summed E-state index contributed by atoms with van der Waals surface area (Å²) in [4.78, 5) is 23.3. The summed E-state index contributed by atoms with van der Waals surface area (Å²) in [6, 6.07) is 0.614. The lowest BCUT2D eigenvalue weighted by Gasteiger charge is -2.34. The molecule has 8 heteroatoms. The van der Waals surface area contributed by atoms with E-state index in [0.717, 1.165) is 38.7 Å². The molecule has 0 saturated carbocycles. The van der Waals surface area contributed by atoms with Crippen LogP contribution in [0.2, 0.25) is 0 Å². The quantitative estimate of drug-likeness (QED) is 0.337. The zero-order valence-corrected chi connectivity index (χ0v) is 19.1. The second kappa shape index (κ2) is 12.0. The van der Waals surface area contributed by atoms with Crippen LogP contribution >= 0.6 is 24.0 Å². The number of carbonyl (C=O) groups is 1. The Balaban J connectivity index is 0.00000338. The highest BCUT2D eigenvalue weighted by Gasteiger charge is 2.32. The second-order valence-corrected chi connectivity index (χ2v) is 6.86. The molecule has 0 aromatic rings. The third-order valence-corrected chi connectivity index (χ3v) is 5.09. The van der Waals surface area contributed by atoms with Gasteiger partial charge in [0.05, 0.1) is 25.8 Å². The lowest BCUT2D eigenvalue weighted by atomic mass is 10.2. The fourth-order valence-corrected chi connectivity index (χ4v) is 3.61. The molecule has 1 N–H and O–H groups in total. The maximum absolute atomic E-state index is 12.3. The maximum atomic E-state index is 12.3. The molecule has 2 aliphatic heterocycles. The van der Waals surface area contributed by atoms with E-state index in [1.165, 1.54) is 19.4 Å². The van der Waals surface area contributed by atoms with E-state index >= 15 is 0 Å². The maximum Gasteiger partial charge on any atom is 0.242 e. The van der Waals surface area contributed by atoms with Gasteiger partial charge in [-0.1, -0.05) is 0 Å². The summed E-state index contributed by atoms with van der Waals surface area (Å²) in [6.45, 7) is 12.3. The fraction of sp³-hybridized carbons (Fsp3) is 0.889. The number of guanidine groups is 1. The van der Waals surface area contributed by atoms with Crippen LogP contribution in [0.15, 0.2) is 4.99 Å². The Hall–Kier alpha value is -0.610. The van der Waals surface area contributed by atoms with Crippen molar-refractivity contribution in [3.8, 4) is 0 Å². The topological polar surface area (TPSA) is 60.4 Å². The van der Waals surface area contributed by atoms with Gasteiger partial charge in [0, 0.05) is 39.3 Å². The first-order valence-electron chi connectivity index (χ1n) is 9.71. The summed E-state index contributed by atoms with van der Waals surface area (Å²) in [7, 11) is 1.92. The van der Waals surface area contributed by atoms with Gasteiger partial charge in [0.2, 0.25) is 5.91 Å². The van der Waals surface area contributed by atoms with Crippen molar-refractivity contribution in [3.05, 3.63) is 0 Å². The second-order valence-electron chi connectivity index (χ2n) is 6.86. The number of rotatable bonds is 7. The fourth-order valence-electron chi connectivity index (χ4n) is 3.61. The van der Waals surface area contributed by atoms with Crippen LogP contribution in [0.1, 0.15) is 33.6 Å². The van der Waals surface area contributed by atoms with Crippen LogP contribution < -0.4 is 5.32 Å². The molecule has 26 heavy (non-hydrogen) atoms. The van der Waals surface area contributed by atoms with E-state index < -0.39 is 0 Å². The molecule has 0 radical (unpaired) electrons. The molecule has 2 fully saturated rings. The van der Waals surface area contributed by atoms with E-state index in [0.29, 0.717) is 19.1 Å². The van der Waals surface area contributed by atoms with Crippen molar-refractivity contribution in [1.29, 1.82) is 0 Å². The summed E-state index contributed by atoms with van der Waals surface area (Å²) in [5.74, 6) is 0.905. The number of morpholine rings is 1. The summed E-state index contributed by atoms with van der Waals surface area (Å²) in [5.41, 5.74) is 0. The van der Waals surface area contributed by atoms with Crippen LogP contribution in [-0.2, 0) is 9.53 Å². The summed E-state index contributed by atoms with van der Waals surface area (Å²) in [6.07, 6.45) is 2.69. The third-order valence-electron chi connectivity index (χ3n) is 5.09. The van der Waals surface area contributed by atoms with Gasteiger partial charge in [0.15, 0.2) is 5.96 Å². The van der Waals surface area contributed by atoms with E-state index in [1.807, 2.05) is 37.6 Å². The van der Waals surface area contributed by atoms with Crippen molar-refractivity contribution in [2.75, 3.05) is 59.5 Å². The molecule has 7 nitrogen and oxygen atoms in total. The highest BCUT2D eigenvalue weighted by atomic mass is 127. The SMILES string of the molecule is CCNC(=NCC1CN2CCCC2CO1)N(C)CC(=O)N(CC)CC.I. The van der Waals surface area contributed by atoms with Crippen LogP contribution in [0, 0.1) is 0 Å². The standard InChI is InChI=1S/C18H35N5O2.HI/c1-5-19-18(21(4)13-17(24)22(6-2)7-3)20-11-16-12-23-10-8-9-15(23)14-25-16;/h15-16H,5-14H2,1-4H3,(H,19,20);1H. The summed E-state index contributed by atoms with van der Waals surface area (Å²) >= 11 is 0. The molecule has 0 spiro atoms. The number of hydrogen-bond acceptors (Lipinski definition) is 4. The Labute approximate surface area is 175 Å². The van der Waals surface area contributed by atoms with Crippen LogP contribution in [0.5, 0.6) is 0 Å². The number of carbonyl (C=O) groups excluding carboxylic acids is 1. The largest absolute Gasteiger partial charge is 0.373 e. The van der Waals surface area contributed by atoms with Gasteiger partial charge in [-0.15, -0.1) is 24.0 Å². The van der Waals surface area contributed by atoms with Crippen molar-refractivity contribution < 1.29 is 9.53 Å². The number of nitrogens with zero attached hydrogens (tertiary/aromatic N) is 4. The zero-order valence-electron chi connectivity index (χ0n) is 16.7. The number of halogens is 1. The number of aliphatic imine (C=N–C) groups is 1. The molecule has 2 rings (SSSR count). The Morgan fingerprint density at radius 3 is 2.69 bits per heavy atom. The lowest BCUT2D eigenvalue weighted by molar-refractivity contribution is -0.131. The third kappa shape index (κ3) is 6.53. The number of ether oxygens (including phenoxy) is 1. The van der Waals surface area contributed by atoms with Gasteiger partial charge in [-0.05, 0) is 40.2 Å². The van der Waals surface area contributed by atoms with Gasteiger partial charge in [-0.3, -0.25) is 14.7 Å². The molecule has 2 unspecified atom stereocenters. The van der Waals surface area contributed by atoms with Crippen LogP contribution in [0.4, 0.5) is 0 Å². The number of nitrogens with one attached hydrogen (secondary N) is 1. The van der Waals surface area contributed by atoms with E-state index in [2.05, 4.69) is 10.2 Å². The van der Waals surface area contributed by atoms with Crippen LogP contribution in [0.25, 0.3) is 0 Å². The van der Waals surface area contributed by atoms with Crippen molar-refractivity contribution >= 4 is 35.8 Å². The van der Waals surface area contributed by atoms with E-state index in [9.17, 15) is 4.79 Å². The molecular formula is C18H36IN5O2. The van der Waals surface area contributed by atoms with Gasteiger partial charge < -0.3 is 19.9 Å². The molecule has 2 aliphatic rings. The number of likely N-dealkylation sites (N-methyl/N-ethyl adjacent to an activating group) is 2. The zero-order chi connectivity index (χ0) is 18.2. The summed E-state index contributed by atoms with van der Waals surface area (Å²) in [5, 5.41) is 3.28. The Bertz CT molecular complexity index is 459. The Morgan fingerprint density at radius 1 is 1.31 bits per heavy atom. The van der Waals surface area contributed by atoms with Crippen LogP contribution in [-0.4, -0.2) is 98.2 Å². The highest BCUT2D eigenvalue weighted by Crippen LogP contribution is 2.22. The first kappa shape index (κ1) is 23.4. The Morgan fingerprint density at radius 2 is 2.04 bits per heavy atom. The normalized spacial score (nSPS) is 23.2. The number of amides is 1. The highest BCUT2D eigenvalue weighted by molar-refractivity contribution is 14.0. The average Bonchev–Trinajstić information content (AvgIpc) is 3.07. The molecule has 2 heterocycles. The van der Waals surface area contributed by atoms with Gasteiger partial charge in [-0.2, -0.15) is 0 Å². The first-order chi connectivity index (χ1) is 12.1. The summed E-state index contributed by atoms with van der Waals surface area (Å²) < 4.78 is 5.98. The minimum absolute atomic E-state index is 0. The van der Waals surface area contributed by atoms with Gasteiger partial charge >= 0.3 is 0 Å². The first-order valence-corrected chi connectivity index (χ1v) is 9.71. The van der Waals surface area contributed by atoms with Gasteiger partial charge in [0.1, 0.15) is 0 Å². The van der Waals surface area contributed by atoms with Gasteiger partial charge in [0.25, 0.3) is 0 Å². The molecular weight excluding hydrogens is 445 g/mol. The number of fused-ring (bicyclic) bond motifs is 1. The molecule has 0 aliphatic carbocycles. The molecule has 152 valence electrons. The van der Waals surface area contributed by atoms with Crippen LogP contribution in [0.3, 0.4) is 0 Å². The smallest absolute Gasteiger partial charge is 0.242 e. The van der Waals surface area contributed by atoms with Crippen molar-refractivity contribution in [1.82, 2.24) is 20.0 Å². The average molecular weight is 481 g/mol. The predicted octanol–water partition coefficient (Wildman–Crippen LogP) is 1.23. The molecule has 1 amide bonds. The number of hydrogen-bond donors (Lipinski definition) is 1. The van der Waals surface area contributed by atoms with E-state index in [-0.39, 0.29) is 36.0 Å². The predicted molar refractivity (Wildman–Crippen MR) is 116 cm³/mol. The van der Waals surface area contributed by atoms with E-state index in [1.54, 1.807) is 0 Å². The van der Waals surface area contributed by atoms with Crippen molar-refractivity contribution in [3.63, 3.8) is 0 Å². The molecule has 0 aromatic heterocycles. The molecule has 2 atom stereocenters. The lowest BCUT2D eigenvalue weighted by Crippen LogP contribution is -2.48. The monoisotopic (exact) mass is 481 g/mol. The Kier molecular flexibility index (Phi) is 10.8. The van der Waals surface area contributed by atoms with Crippen molar-refractivity contribution in [2.45, 2.75) is 45.8 Å². The van der Waals surface area contributed by atoms with E-state index in [4.69, 9.17) is 9.73 Å². The van der Waals surface area contributed by atoms with Crippen molar-refractivity contribution in [2.24, 2.45) is 4.99 Å². The molecule has 0 aromatic carbocycles. The molecule has 0 bridgehead atoms. The van der Waals surface area contributed by atoms with Gasteiger partial charge in [-0.25, -0.2) is 0 Å². The minimum atomic E-state index is 0. The molecule has 2 saturated heterocycles.